The summed E-state index contributed by atoms with van der Waals surface area (Å²) in [5.74, 6) is 1.65. The van der Waals surface area contributed by atoms with Gasteiger partial charge in [-0.15, -0.1) is 0 Å². The smallest absolute Gasteiger partial charge is 0.182 e. The molecule has 0 saturated heterocycles. The van der Waals surface area contributed by atoms with Gasteiger partial charge in [-0.2, -0.15) is 0 Å². The van der Waals surface area contributed by atoms with E-state index in [0.29, 0.717) is 23.2 Å². The molecule has 67 heavy (non-hydrogen) atoms. The summed E-state index contributed by atoms with van der Waals surface area (Å²) in [4.78, 5) is 20.8. The van der Waals surface area contributed by atoms with Gasteiger partial charge in [0.2, 0.25) is 0 Å². The van der Waals surface area contributed by atoms with Gasteiger partial charge in [0.05, 0.1) is 16.7 Å². The maximum atomic E-state index is 5.38. The molecule has 12 rings (SSSR count). The van der Waals surface area contributed by atoms with Gasteiger partial charge in [0.1, 0.15) is 5.69 Å². The summed E-state index contributed by atoms with van der Waals surface area (Å²) in [6.07, 6.45) is 0. The first-order chi connectivity index (χ1) is 33.2. The highest BCUT2D eigenvalue weighted by Crippen LogP contribution is 2.41. The molecule has 0 unspecified atom stereocenters. The molecule has 0 aliphatic rings. The van der Waals surface area contributed by atoms with Gasteiger partial charge in [0.15, 0.2) is 17.5 Å². The van der Waals surface area contributed by atoms with Crippen LogP contribution in [-0.4, -0.2) is 24.5 Å². The lowest BCUT2D eigenvalue weighted by Gasteiger charge is -2.13. The molecule has 0 fully saturated rings. The first kappa shape index (κ1) is 39.5. The molecular formula is C62H41N5. The third kappa shape index (κ3) is 7.64. The van der Waals surface area contributed by atoms with Crippen LogP contribution in [0.2, 0.25) is 0 Å². The molecule has 0 N–H and O–H groups in total. The molecule has 9 aromatic carbocycles. The number of pyridine rings is 1. The number of hydrogen-bond donors (Lipinski definition) is 0. The van der Waals surface area contributed by atoms with E-state index in [1.165, 1.54) is 5.56 Å². The van der Waals surface area contributed by atoms with Crippen LogP contribution in [0.3, 0.4) is 0 Å². The van der Waals surface area contributed by atoms with E-state index in [1.807, 2.05) is 36.4 Å². The van der Waals surface area contributed by atoms with Gasteiger partial charge in [-0.3, -0.25) is 0 Å². The minimum Gasteiger partial charge on any atom is -0.309 e. The van der Waals surface area contributed by atoms with Crippen molar-refractivity contribution in [3.05, 3.63) is 249 Å². The first-order valence-corrected chi connectivity index (χ1v) is 22.5. The molecule has 0 radical (unpaired) electrons. The zero-order chi connectivity index (χ0) is 44.5. The fraction of sp³-hybridized carbons (Fsp3) is 0. The van der Waals surface area contributed by atoms with Crippen LogP contribution >= 0.6 is 0 Å². The Balaban J connectivity index is 1.00. The van der Waals surface area contributed by atoms with E-state index in [0.717, 1.165) is 88.8 Å². The van der Waals surface area contributed by atoms with Crippen LogP contribution in [0.4, 0.5) is 0 Å². The molecule has 0 aliphatic heterocycles. The summed E-state index contributed by atoms with van der Waals surface area (Å²) in [5.41, 5.74) is 16.8. The molecule has 3 heterocycles. The van der Waals surface area contributed by atoms with Gasteiger partial charge in [-0.05, 0) is 111 Å². The minimum atomic E-state index is 0.499. The van der Waals surface area contributed by atoms with Crippen LogP contribution in [0.1, 0.15) is 0 Å². The number of rotatable bonds is 9. The number of nitrogens with zero attached hydrogens (tertiary/aromatic N) is 5. The Morgan fingerprint density at radius 2 is 0.701 bits per heavy atom. The molecule has 0 spiro atoms. The number of hydrogen-bond acceptors (Lipinski definition) is 4. The summed E-state index contributed by atoms with van der Waals surface area (Å²) in [5, 5.41) is 2.29. The van der Waals surface area contributed by atoms with Crippen LogP contribution in [-0.2, 0) is 0 Å². The maximum Gasteiger partial charge on any atom is 0.182 e. The van der Waals surface area contributed by atoms with E-state index < -0.39 is 0 Å². The molecule has 0 saturated carbocycles. The third-order valence-corrected chi connectivity index (χ3v) is 12.4. The van der Waals surface area contributed by atoms with Crippen molar-refractivity contribution in [2.45, 2.75) is 0 Å². The molecule has 12 aromatic rings. The second-order valence-electron chi connectivity index (χ2n) is 16.7. The lowest BCUT2D eigenvalue weighted by atomic mass is 9.93. The van der Waals surface area contributed by atoms with Crippen molar-refractivity contribution >= 4 is 21.8 Å². The first-order valence-electron chi connectivity index (χ1n) is 22.5. The SMILES string of the molecule is c1ccc(-c2cc(-c3ccccc3)cc(-c3cccc(-c4nc(-c5ccccc5)nc(-c5cccc(-c6cccc7c6c6cc(-c8ccccc8)ccc6n7-c6ccccc6)n5)n4)c3)c2)cc1. The third-order valence-electron chi connectivity index (χ3n) is 12.4. The fourth-order valence-electron chi connectivity index (χ4n) is 9.22. The Labute approximate surface area is 389 Å². The van der Waals surface area contributed by atoms with E-state index in [2.05, 4.69) is 217 Å². The second-order valence-corrected chi connectivity index (χ2v) is 16.7. The summed E-state index contributed by atoms with van der Waals surface area (Å²) in [6, 6.07) is 87.1. The largest absolute Gasteiger partial charge is 0.309 e. The predicted octanol–water partition coefficient (Wildman–Crippen LogP) is 15.7. The van der Waals surface area contributed by atoms with Crippen molar-refractivity contribution in [2.75, 3.05) is 0 Å². The van der Waals surface area contributed by atoms with Crippen molar-refractivity contribution in [3.8, 4) is 95.7 Å². The van der Waals surface area contributed by atoms with Crippen molar-refractivity contribution in [1.82, 2.24) is 24.5 Å². The summed E-state index contributed by atoms with van der Waals surface area (Å²) >= 11 is 0. The average Bonchev–Trinajstić information content (AvgIpc) is 3.76. The highest BCUT2D eigenvalue weighted by Gasteiger charge is 2.20. The van der Waals surface area contributed by atoms with E-state index in [-0.39, 0.29) is 0 Å². The lowest BCUT2D eigenvalue weighted by molar-refractivity contribution is 1.06. The van der Waals surface area contributed by atoms with Crippen LogP contribution in [0, 0.1) is 0 Å². The molecule has 3 aromatic heterocycles. The standard InChI is InChI=1S/C62H41N5/c1-6-19-42(20-7-1)47-35-36-57-54(41-47)59-53(31-17-34-58(59)67(57)52-29-14-5-15-30-52)55-32-18-33-56(63-55)62-65-60(45-25-12-4-13-26-45)64-61(66-62)48-28-16-27-46(37-48)51-39-49(43-21-8-2-9-22-43)38-50(40-51)44-23-10-3-11-24-44/h1-41H. The van der Waals surface area contributed by atoms with Crippen LogP contribution in [0.25, 0.3) is 118 Å². The highest BCUT2D eigenvalue weighted by atomic mass is 15.0. The Morgan fingerprint density at radius 3 is 1.34 bits per heavy atom. The summed E-state index contributed by atoms with van der Waals surface area (Å²) < 4.78 is 2.35. The Kier molecular flexibility index (Phi) is 10.1. The van der Waals surface area contributed by atoms with Gasteiger partial charge < -0.3 is 4.57 Å². The van der Waals surface area contributed by atoms with Crippen molar-refractivity contribution in [1.29, 1.82) is 0 Å². The number of fused-ring (bicyclic) bond motifs is 3. The monoisotopic (exact) mass is 855 g/mol. The van der Waals surface area contributed by atoms with Gasteiger partial charge in [0, 0.05) is 33.2 Å². The Bertz CT molecular complexity index is 3660. The number of aromatic nitrogens is 5. The molecule has 5 nitrogen and oxygen atoms in total. The van der Waals surface area contributed by atoms with Gasteiger partial charge in [0.25, 0.3) is 0 Å². The molecule has 0 amide bonds. The van der Waals surface area contributed by atoms with Crippen LogP contribution in [0.5, 0.6) is 0 Å². The lowest BCUT2D eigenvalue weighted by Crippen LogP contribution is -2.01. The zero-order valence-corrected chi connectivity index (χ0v) is 36.4. The normalized spacial score (nSPS) is 11.3. The predicted molar refractivity (Wildman–Crippen MR) is 275 cm³/mol. The van der Waals surface area contributed by atoms with E-state index >= 15 is 0 Å². The highest BCUT2D eigenvalue weighted by molar-refractivity contribution is 6.16. The quantitative estimate of drug-likeness (QED) is 0.145. The van der Waals surface area contributed by atoms with Crippen molar-refractivity contribution in [3.63, 3.8) is 0 Å². The molecule has 0 bridgehead atoms. The number of para-hydroxylation sites is 1. The zero-order valence-electron chi connectivity index (χ0n) is 36.4. The van der Waals surface area contributed by atoms with E-state index in [1.54, 1.807) is 0 Å². The molecule has 314 valence electrons. The Hall–Kier alpha value is -9.06. The maximum absolute atomic E-state index is 5.38. The minimum absolute atomic E-state index is 0.499. The Morgan fingerprint density at radius 1 is 0.254 bits per heavy atom. The van der Waals surface area contributed by atoms with Gasteiger partial charge in [-0.25, -0.2) is 19.9 Å². The van der Waals surface area contributed by atoms with Crippen molar-refractivity contribution in [2.24, 2.45) is 0 Å². The van der Waals surface area contributed by atoms with Crippen LogP contribution in [0.15, 0.2) is 249 Å². The molecule has 0 atom stereocenters. The van der Waals surface area contributed by atoms with Crippen molar-refractivity contribution < 1.29 is 0 Å². The van der Waals surface area contributed by atoms with Gasteiger partial charge in [-0.1, -0.05) is 182 Å². The fourth-order valence-corrected chi connectivity index (χ4v) is 9.22. The summed E-state index contributed by atoms with van der Waals surface area (Å²) in [6.45, 7) is 0. The number of benzene rings is 9. The summed E-state index contributed by atoms with van der Waals surface area (Å²) in [7, 11) is 0. The van der Waals surface area contributed by atoms with Crippen LogP contribution < -0.4 is 0 Å². The average molecular weight is 856 g/mol. The van der Waals surface area contributed by atoms with E-state index in [4.69, 9.17) is 19.9 Å². The molecule has 5 heteroatoms. The molecular weight excluding hydrogens is 815 g/mol. The topological polar surface area (TPSA) is 56.5 Å². The molecule has 0 aliphatic carbocycles. The van der Waals surface area contributed by atoms with Gasteiger partial charge >= 0.3 is 0 Å². The second kappa shape index (κ2) is 17.1. The van der Waals surface area contributed by atoms with E-state index in [9.17, 15) is 0 Å².